The van der Waals surface area contributed by atoms with Gasteiger partial charge < -0.3 is 0 Å². The second kappa shape index (κ2) is 6.13. The summed E-state index contributed by atoms with van der Waals surface area (Å²) in [6.07, 6.45) is 1.87. The van der Waals surface area contributed by atoms with Gasteiger partial charge in [0.05, 0.1) is 13.8 Å². The highest BCUT2D eigenvalue weighted by Crippen LogP contribution is 2.24. The summed E-state index contributed by atoms with van der Waals surface area (Å²) in [6.45, 7) is 9.24. The maximum absolute atomic E-state index is 4.46. The van der Waals surface area contributed by atoms with Gasteiger partial charge in [-0.05, 0) is 35.7 Å². The Kier molecular flexibility index (Phi) is 4.18. The van der Waals surface area contributed by atoms with Gasteiger partial charge >= 0.3 is 0 Å². The smallest absolute Gasteiger partial charge is 0.0775 e. The van der Waals surface area contributed by atoms with Crippen LogP contribution in [-0.4, -0.2) is 13.1 Å². The highest BCUT2D eigenvalue weighted by atomic mass is 28.3. The minimum Gasteiger partial charge on any atom is -0.256 e. The minimum atomic E-state index is -1.22. The third-order valence-corrected chi connectivity index (χ3v) is 6.25. The molecule has 0 aliphatic rings. The molecule has 3 rings (SSSR count). The highest BCUT2D eigenvalue weighted by Gasteiger charge is 2.15. The number of nitrogens with zero attached hydrogens (tertiary/aromatic N) is 1. The standard InChI is InChI=1S/C21H23NSi/c1-16-13-14-22-21(15-16)19-7-5-17(6-8-19)18-9-11-20(12-10-18)23(2,3)4/h5-15H,1-4H3. The predicted molar refractivity (Wildman–Crippen MR) is 103 cm³/mol. The summed E-state index contributed by atoms with van der Waals surface area (Å²) in [5.74, 6) is 0. The van der Waals surface area contributed by atoms with Crippen LogP contribution >= 0.6 is 0 Å². The maximum atomic E-state index is 4.46. The van der Waals surface area contributed by atoms with Crippen molar-refractivity contribution in [1.29, 1.82) is 0 Å². The predicted octanol–water partition coefficient (Wildman–Crippen LogP) is 5.27. The molecule has 0 saturated heterocycles. The molecule has 1 aromatic heterocycles. The number of rotatable bonds is 3. The van der Waals surface area contributed by atoms with E-state index in [4.69, 9.17) is 0 Å². The Morgan fingerprint density at radius 1 is 0.696 bits per heavy atom. The molecule has 0 saturated carbocycles. The number of hydrogen-bond acceptors (Lipinski definition) is 1. The molecule has 0 unspecified atom stereocenters. The Hall–Kier alpha value is -2.19. The molecule has 0 spiro atoms. The fourth-order valence-electron chi connectivity index (χ4n) is 2.69. The van der Waals surface area contributed by atoms with Crippen molar-refractivity contribution in [2.45, 2.75) is 26.6 Å². The lowest BCUT2D eigenvalue weighted by atomic mass is 10.0. The van der Waals surface area contributed by atoms with E-state index in [2.05, 4.69) is 86.1 Å². The second-order valence-electron chi connectivity index (χ2n) is 7.12. The molecule has 0 aliphatic heterocycles. The lowest BCUT2D eigenvalue weighted by Crippen LogP contribution is -2.37. The number of pyridine rings is 1. The van der Waals surface area contributed by atoms with Gasteiger partial charge in [-0.25, -0.2) is 0 Å². The molecule has 0 bridgehead atoms. The Labute approximate surface area is 140 Å². The van der Waals surface area contributed by atoms with Crippen molar-refractivity contribution in [3.8, 4) is 22.4 Å². The topological polar surface area (TPSA) is 12.9 Å². The molecule has 0 atom stereocenters. The first-order valence-corrected chi connectivity index (χ1v) is 11.6. The second-order valence-corrected chi connectivity index (χ2v) is 12.2. The fraction of sp³-hybridized carbons (Fsp3) is 0.190. The summed E-state index contributed by atoms with van der Waals surface area (Å²) in [7, 11) is -1.22. The molecule has 3 aromatic rings. The summed E-state index contributed by atoms with van der Waals surface area (Å²) in [5, 5.41) is 1.50. The first-order valence-electron chi connectivity index (χ1n) is 8.07. The van der Waals surface area contributed by atoms with Crippen LogP contribution in [0.2, 0.25) is 19.6 Å². The van der Waals surface area contributed by atoms with Gasteiger partial charge in [-0.1, -0.05) is 73.4 Å². The summed E-state index contributed by atoms with van der Waals surface area (Å²) < 4.78 is 0. The van der Waals surface area contributed by atoms with E-state index in [1.807, 2.05) is 12.3 Å². The van der Waals surface area contributed by atoms with Gasteiger partial charge in [-0.15, -0.1) is 0 Å². The highest BCUT2D eigenvalue weighted by molar-refractivity contribution is 6.88. The molecule has 2 aromatic carbocycles. The first kappa shape index (κ1) is 15.7. The number of benzene rings is 2. The Bertz CT molecular complexity index is 796. The van der Waals surface area contributed by atoms with Crippen LogP contribution in [0.25, 0.3) is 22.4 Å². The Morgan fingerprint density at radius 2 is 1.22 bits per heavy atom. The molecular weight excluding hydrogens is 294 g/mol. The van der Waals surface area contributed by atoms with Gasteiger partial charge in [0.1, 0.15) is 0 Å². The molecule has 1 nitrogen and oxygen atoms in total. The average molecular weight is 318 g/mol. The molecule has 23 heavy (non-hydrogen) atoms. The zero-order valence-electron chi connectivity index (χ0n) is 14.3. The van der Waals surface area contributed by atoms with Gasteiger partial charge in [0.25, 0.3) is 0 Å². The molecular formula is C21H23NSi. The van der Waals surface area contributed by atoms with Gasteiger partial charge in [0.2, 0.25) is 0 Å². The van der Waals surface area contributed by atoms with Crippen molar-refractivity contribution >= 4 is 13.3 Å². The van der Waals surface area contributed by atoms with Crippen molar-refractivity contribution in [2.75, 3.05) is 0 Å². The molecule has 116 valence electrons. The van der Waals surface area contributed by atoms with Crippen LogP contribution < -0.4 is 5.19 Å². The monoisotopic (exact) mass is 317 g/mol. The van der Waals surface area contributed by atoms with Crippen LogP contribution in [0, 0.1) is 6.92 Å². The Morgan fingerprint density at radius 3 is 1.74 bits per heavy atom. The van der Waals surface area contributed by atoms with Crippen molar-refractivity contribution in [1.82, 2.24) is 4.98 Å². The summed E-state index contributed by atoms with van der Waals surface area (Å²) in [4.78, 5) is 4.46. The Balaban J connectivity index is 1.88. The number of hydrogen-bond donors (Lipinski definition) is 0. The summed E-state index contributed by atoms with van der Waals surface area (Å²) in [5.41, 5.74) is 5.96. The SMILES string of the molecule is Cc1ccnc(-c2ccc(-c3ccc([Si](C)(C)C)cc3)cc2)c1. The summed E-state index contributed by atoms with van der Waals surface area (Å²) in [6, 6.07) is 21.9. The molecule has 2 heteroatoms. The summed E-state index contributed by atoms with van der Waals surface area (Å²) >= 11 is 0. The van der Waals surface area contributed by atoms with Crippen molar-refractivity contribution in [3.63, 3.8) is 0 Å². The van der Waals surface area contributed by atoms with Crippen LogP contribution in [0.15, 0.2) is 66.9 Å². The zero-order valence-corrected chi connectivity index (χ0v) is 15.3. The molecule has 1 heterocycles. The van der Waals surface area contributed by atoms with E-state index in [9.17, 15) is 0 Å². The number of aromatic nitrogens is 1. The third kappa shape index (κ3) is 3.59. The van der Waals surface area contributed by atoms with Crippen molar-refractivity contribution in [3.05, 3.63) is 72.4 Å². The fourth-order valence-corrected chi connectivity index (χ4v) is 3.86. The van der Waals surface area contributed by atoms with Gasteiger partial charge in [0.15, 0.2) is 0 Å². The van der Waals surface area contributed by atoms with Crippen LogP contribution in [0.5, 0.6) is 0 Å². The van der Waals surface area contributed by atoms with Crippen LogP contribution in [0.4, 0.5) is 0 Å². The first-order chi connectivity index (χ1) is 10.9. The quantitative estimate of drug-likeness (QED) is 0.600. The van der Waals surface area contributed by atoms with E-state index in [0.29, 0.717) is 0 Å². The van der Waals surface area contributed by atoms with E-state index < -0.39 is 8.07 Å². The average Bonchev–Trinajstić information content (AvgIpc) is 2.54. The largest absolute Gasteiger partial charge is 0.256 e. The number of aryl methyl sites for hydroxylation is 1. The van der Waals surface area contributed by atoms with E-state index in [-0.39, 0.29) is 0 Å². The van der Waals surface area contributed by atoms with Gasteiger partial charge in [0, 0.05) is 11.8 Å². The van der Waals surface area contributed by atoms with Gasteiger partial charge in [-0.3, -0.25) is 4.98 Å². The van der Waals surface area contributed by atoms with Gasteiger partial charge in [-0.2, -0.15) is 0 Å². The molecule has 0 radical (unpaired) electrons. The van der Waals surface area contributed by atoms with E-state index >= 15 is 0 Å². The zero-order chi connectivity index (χ0) is 16.4. The van der Waals surface area contributed by atoms with Crippen LogP contribution in [0.1, 0.15) is 5.56 Å². The van der Waals surface area contributed by atoms with Crippen LogP contribution in [-0.2, 0) is 0 Å². The van der Waals surface area contributed by atoms with E-state index in [0.717, 1.165) is 11.3 Å². The lowest BCUT2D eigenvalue weighted by Gasteiger charge is -2.16. The minimum absolute atomic E-state index is 1.03. The molecule has 0 N–H and O–H groups in total. The molecule has 0 aliphatic carbocycles. The lowest BCUT2D eigenvalue weighted by molar-refractivity contribution is 1.29. The molecule has 0 amide bonds. The maximum Gasteiger partial charge on any atom is 0.0775 e. The van der Waals surface area contributed by atoms with E-state index in [1.54, 1.807) is 0 Å². The normalized spacial score (nSPS) is 11.5. The van der Waals surface area contributed by atoms with Crippen molar-refractivity contribution in [2.24, 2.45) is 0 Å². The molecule has 0 fully saturated rings. The van der Waals surface area contributed by atoms with Crippen LogP contribution in [0.3, 0.4) is 0 Å². The van der Waals surface area contributed by atoms with Crippen molar-refractivity contribution < 1.29 is 0 Å². The third-order valence-electron chi connectivity index (χ3n) is 4.18. The van der Waals surface area contributed by atoms with E-state index in [1.165, 1.54) is 21.9 Å².